The fourth-order valence-corrected chi connectivity index (χ4v) is 8.97. The van der Waals surface area contributed by atoms with Gasteiger partial charge in [0.1, 0.15) is 0 Å². The van der Waals surface area contributed by atoms with E-state index in [1.807, 2.05) is 96.4 Å². The van der Waals surface area contributed by atoms with Gasteiger partial charge in [0, 0.05) is 38.9 Å². The summed E-state index contributed by atoms with van der Waals surface area (Å²) in [6.45, 7) is 3.89. The molecule has 0 bridgehead atoms. The molecule has 11 nitrogen and oxygen atoms in total. The van der Waals surface area contributed by atoms with Gasteiger partial charge >= 0.3 is 65.2 Å². The summed E-state index contributed by atoms with van der Waals surface area (Å²) in [5, 5.41) is 32.8. The number of halogens is 4. The van der Waals surface area contributed by atoms with Crippen LogP contribution < -0.4 is 75.1 Å². The smallest absolute Gasteiger partial charge is 0.871 e. The predicted molar refractivity (Wildman–Crippen MR) is 225 cm³/mol. The Balaban J connectivity index is 0.000000364. The number of Topliss-reactive ketones (excluding diaryl/α,β-unsaturated/α-hetero) is 1. The van der Waals surface area contributed by atoms with Gasteiger partial charge in [-0.2, -0.15) is 5.26 Å². The number of hydrogen-bond acceptors (Lipinski definition) is 9. The average Bonchev–Trinajstić information content (AvgIpc) is 3.13. The predicted octanol–water partition coefficient (Wildman–Crippen LogP) is -0.908. The van der Waals surface area contributed by atoms with Gasteiger partial charge in [-0.15, -0.1) is 0 Å². The minimum absolute atomic E-state index is 0. The first-order chi connectivity index (χ1) is 24.7. The first kappa shape index (κ1) is 49.1. The van der Waals surface area contributed by atoms with Crippen LogP contribution in [0.5, 0.6) is 5.75 Å². The van der Waals surface area contributed by atoms with Crippen LogP contribution in [0.2, 0.25) is 0 Å². The van der Waals surface area contributed by atoms with Gasteiger partial charge < -0.3 is 35.3 Å². The number of ether oxygens (including phenoxy) is 1. The number of aromatic carboxylic acids is 1. The van der Waals surface area contributed by atoms with Crippen molar-refractivity contribution < 1.29 is 93.2 Å². The third-order valence-corrected chi connectivity index (χ3v) is 11.1. The minimum atomic E-state index is -1.29. The van der Waals surface area contributed by atoms with Crippen molar-refractivity contribution in [1.82, 2.24) is 9.80 Å². The van der Waals surface area contributed by atoms with Crippen LogP contribution in [0.25, 0.3) is 5.57 Å². The number of piperazine rings is 1. The Bertz CT molecular complexity index is 2000. The molecule has 0 radical (unpaired) electrons. The van der Waals surface area contributed by atoms with Crippen molar-refractivity contribution in [3.05, 3.63) is 121 Å². The Hall–Kier alpha value is -1.07. The topological polar surface area (TPSA) is 180 Å². The van der Waals surface area contributed by atoms with E-state index in [1.165, 1.54) is 6.07 Å². The Labute approximate surface area is 412 Å². The average molecular weight is 1200 g/mol. The number of carbonyl (C=O) groups excluding carboxylic acids is 4. The summed E-state index contributed by atoms with van der Waals surface area (Å²) in [7, 11) is 0. The number of nitrogens with zero attached hydrogens (tertiary/aromatic N) is 3. The quantitative estimate of drug-likeness (QED) is 0.232. The number of nitriles is 1. The molecule has 1 saturated heterocycles. The van der Waals surface area contributed by atoms with E-state index in [0.717, 1.165) is 5.56 Å². The molecule has 1 aliphatic carbocycles. The van der Waals surface area contributed by atoms with Gasteiger partial charge in [-0.05, 0) is 168 Å². The Morgan fingerprint density at radius 1 is 0.889 bits per heavy atom. The van der Waals surface area contributed by atoms with Crippen molar-refractivity contribution in [1.29, 1.82) is 5.26 Å². The van der Waals surface area contributed by atoms with Crippen molar-refractivity contribution in [2.45, 2.75) is 19.4 Å². The van der Waals surface area contributed by atoms with Gasteiger partial charge in [-0.1, -0.05) is 42.1 Å². The zero-order valence-corrected chi connectivity index (χ0v) is 42.2. The van der Waals surface area contributed by atoms with Crippen LogP contribution in [0.4, 0.5) is 4.79 Å². The maximum Gasteiger partial charge on any atom is 1.00 e. The fraction of sp³-hybridized carbons (Fsp3) is 0.216. The van der Waals surface area contributed by atoms with Crippen LogP contribution in [-0.4, -0.2) is 72.4 Å². The molecule has 3 aromatic rings. The molecular weight excluding hydrogens is 1170 g/mol. The van der Waals surface area contributed by atoms with E-state index in [2.05, 4.69) is 6.07 Å². The van der Waals surface area contributed by atoms with Crippen LogP contribution in [0.1, 0.15) is 39.5 Å². The molecule has 1 aliphatic heterocycles. The standard InChI is InChI=1S/C20H10I4O4.C17H22N4O3.2Na/c21-13-5-9(6-14(22)18(13)25)17(10-7-15(23)19(26)16(24)8-10)11-3-1-2-4-12(11)20(27)28;1-2-24-17(23)21-8-6-20(7-9-21)16(22)15(19)11-13-4-3-5-14(10-13)12-18;;/h1-8,25H,(H,27,28);3-5,10,15H,2,6-9,11,19H2,1H3;;/q;;2*+1/p-2/t;15-;;/m.0../s1. The van der Waals surface area contributed by atoms with Gasteiger partial charge in [0.25, 0.3) is 0 Å². The van der Waals surface area contributed by atoms with Crippen LogP contribution in [-0.2, 0) is 20.7 Å². The molecule has 270 valence electrons. The number of benzene rings is 3. The largest absolute Gasteiger partial charge is 1.00 e. The number of hydrogen-bond donors (Lipinski definition) is 1. The second-order valence-corrected chi connectivity index (χ2v) is 16.0. The van der Waals surface area contributed by atoms with Crippen molar-refractivity contribution in [2.24, 2.45) is 5.73 Å². The molecule has 1 atom stereocenters. The number of carbonyl (C=O) groups is 4. The van der Waals surface area contributed by atoms with E-state index < -0.39 is 12.0 Å². The summed E-state index contributed by atoms with van der Waals surface area (Å²) in [5.41, 5.74) is 10.00. The van der Waals surface area contributed by atoms with Gasteiger partial charge in [0.2, 0.25) is 11.7 Å². The van der Waals surface area contributed by atoms with Crippen molar-refractivity contribution >= 4 is 120 Å². The molecule has 54 heavy (non-hydrogen) atoms. The van der Waals surface area contributed by atoms with Crippen LogP contribution >= 0.6 is 90.4 Å². The number of carboxylic acid groups (broad SMARTS) is 1. The second kappa shape index (κ2) is 23.4. The van der Waals surface area contributed by atoms with E-state index in [0.29, 0.717) is 81.3 Å². The molecule has 5 rings (SSSR count). The normalized spacial score (nSPS) is 14.1. The SMILES string of the molecule is CCOC(=O)N1CCN(C(=O)[C@@H](N)Cc2cccc(C#N)c2)CC1.O=C1C(I)=CC(=C(c2cc(I)c([O-])c(I)c2)c2ccccc2C(=O)[O-])C=C1I.[Na+].[Na+]. The van der Waals surface area contributed by atoms with E-state index >= 15 is 0 Å². The van der Waals surface area contributed by atoms with Gasteiger partial charge in [-0.3, -0.25) is 9.59 Å². The molecule has 2 aliphatic rings. The zero-order chi connectivity index (χ0) is 38.1. The van der Waals surface area contributed by atoms with E-state index in [1.54, 1.807) is 77.4 Å². The van der Waals surface area contributed by atoms with Gasteiger partial charge in [-0.25, -0.2) is 4.79 Å². The molecule has 2 amide bonds. The van der Waals surface area contributed by atoms with Crippen molar-refractivity contribution in [2.75, 3.05) is 32.8 Å². The molecule has 0 spiro atoms. The van der Waals surface area contributed by atoms with Crippen LogP contribution in [0.15, 0.2) is 85.5 Å². The number of rotatable bonds is 7. The number of allylic oxidation sites excluding steroid dienone is 5. The van der Waals surface area contributed by atoms with E-state index in [9.17, 15) is 29.4 Å². The first-order valence-electron chi connectivity index (χ1n) is 15.7. The van der Waals surface area contributed by atoms with Crippen LogP contribution in [0, 0.1) is 18.5 Å². The zero-order valence-electron chi connectivity index (χ0n) is 29.5. The summed E-state index contributed by atoms with van der Waals surface area (Å²) < 4.78 is 7.10. The molecule has 1 heterocycles. The number of amides is 2. The molecule has 3 aromatic carbocycles. The summed E-state index contributed by atoms with van der Waals surface area (Å²) in [5.74, 6) is -1.57. The van der Waals surface area contributed by atoms with E-state index in [4.69, 9.17) is 15.7 Å². The number of nitrogens with two attached hydrogens (primary N) is 1. The van der Waals surface area contributed by atoms with Crippen LogP contribution in [0.3, 0.4) is 0 Å². The van der Waals surface area contributed by atoms with Gasteiger partial charge in [0.15, 0.2) is 0 Å². The Kier molecular flexibility index (Phi) is 21.2. The van der Waals surface area contributed by atoms with E-state index in [-0.39, 0.29) is 88.2 Å². The summed E-state index contributed by atoms with van der Waals surface area (Å²) in [6, 6.07) is 18.5. The minimum Gasteiger partial charge on any atom is -0.871 e. The molecule has 0 saturated carbocycles. The maximum absolute atomic E-state index is 12.5. The number of ketones is 1. The summed E-state index contributed by atoms with van der Waals surface area (Å²) >= 11 is 7.90. The molecular formula is C37H30I4N4Na2O7. The first-order valence-corrected chi connectivity index (χ1v) is 20.0. The summed E-state index contributed by atoms with van der Waals surface area (Å²) in [4.78, 5) is 51.3. The van der Waals surface area contributed by atoms with Crippen molar-refractivity contribution in [3.63, 3.8) is 0 Å². The third-order valence-electron chi connectivity index (χ3n) is 7.94. The Morgan fingerprint density at radius 2 is 1.44 bits per heavy atom. The molecule has 2 N–H and O–H groups in total. The Morgan fingerprint density at radius 3 is 1.98 bits per heavy atom. The summed E-state index contributed by atoms with van der Waals surface area (Å²) in [6.07, 6.45) is 3.50. The third kappa shape index (κ3) is 13.0. The van der Waals surface area contributed by atoms with Crippen molar-refractivity contribution in [3.8, 4) is 11.8 Å². The molecule has 17 heteroatoms. The fourth-order valence-electron chi connectivity index (χ4n) is 5.43. The number of carboxylic acids is 1. The maximum atomic E-state index is 12.5. The molecule has 0 aromatic heterocycles. The monoisotopic (exact) mass is 1200 g/mol. The van der Waals surface area contributed by atoms with Gasteiger partial charge in [0.05, 0.1) is 37.4 Å². The molecule has 1 fully saturated rings. The second-order valence-electron chi connectivity index (χ2n) is 11.4. The molecule has 0 unspecified atom stereocenters.